The number of carbonyl (C=O) groups excluding carboxylic acids is 1. The molecule has 3 nitrogen and oxygen atoms in total. The van der Waals surface area contributed by atoms with Gasteiger partial charge in [0.1, 0.15) is 0 Å². The van der Waals surface area contributed by atoms with Crippen molar-refractivity contribution in [3.05, 3.63) is 65.2 Å². The van der Waals surface area contributed by atoms with E-state index in [1.165, 1.54) is 16.7 Å². The molecule has 1 unspecified atom stereocenters. The maximum absolute atomic E-state index is 11.9. The number of rotatable bonds is 7. The van der Waals surface area contributed by atoms with Gasteiger partial charge in [-0.2, -0.15) is 0 Å². The smallest absolute Gasteiger partial charge is 0.227 e. The van der Waals surface area contributed by atoms with Gasteiger partial charge in [-0.1, -0.05) is 57.2 Å². The molecule has 1 amide bonds. The second kappa shape index (κ2) is 8.26. The molecule has 2 aromatic rings. The first-order chi connectivity index (χ1) is 12.9. The summed E-state index contributed by atoms with van der Waals surface area (Å²) < 4.78 is 5.26. The van der Waals surface area contributed by atoms with E-state index >= 15 is 0 Å². The lowest BCUT2D eigenvalue weighted by Gasteiger charge is -2.26. The SMILES string of the molecule is COCC(C)c1ccc(C(C)(C)Cc2ccc(N3CCCC3=O)cc2)cc1. The van der Waals surface area contributed by atoms with Crippen LogP contribution in [0.5, 0.6) is 0 Å². The van der Waals surface area contributed by atoms with Crippen molar-refractivity contribution in [1.82, 2.24) is 0 Å². The lowest BCUT2D eigenvalue weighted by atomic mass is 9.78. The summed E-state index contributed by atoms with van der Waals surface area (Å²) in [5.41, 5.74) is 5.03. The number of nitrogens with zero attached hydrogens (tertiary/aromatic N) is 1. The number of hydrogen-bond acceptors (Lipinski definition) is 2. The fraction of sp³-hybridized carbons (Fsp3) is 0.458. The lowest BCUT2D eigenvalue weighted by Crippen LogP contribution is -2.24. The molecule has 1 atom stereocenters. The van der Waals surface area contributed by atoms with Gasteiger partial charge in [-0.05, 0) is 47.1 Å². The Morgan fingerprint density at radius 3 is 2.30 bits per heavy atom. The van der Waals surface area contributed by atoms with Crippen LogP contribution in [0.25, 0.3) is 0 Å². The fourth-order valence-corrected chi connectivity index (χ4v) is 3.94. The molecule has 0 N–H and O–H groups in total. The number of amides is 1. The van der Waals surface area contributed by atoms with Gasteiger partial charge in [0, 0.05) is 31.7 Å². The van der Waals surface area contributed by atoms with E-state index in [0.717, 1.165) is 31.7 Å². The molecule has 0 aliphatic carbocycles. The van der Waals surface area contributed by atoms with Gasteiger partial charge in [0.05, 0.1) is 6.61 Å². The van der Waals surface area contributed by atoms with Gasteiger partial charge in [0.2, 0.25) is 5.91 Å². The molecule has 0 aromatic heterocycles. The average Bonchev–Trinajstić information content (AvgIpc) is 3.08. The van der Waals surface area contributed by atoms with Crippen molar-refractivity contribution in [2.45, 2.75) is 51.4 Å². The van der Waals surface area contributed by atoms with E-state index in [-0.39, 0.29) is 11.3 Å². The minimum Gasteiger partial charge on any atom is -0.384 e. The van der Waals surface area contributed by atoms with Gasteiger partial charge in [0.25, 0.3) is 0 Å². The highest BCUT2D eigenvalue weighted by atomic mass is 16.5. The molecule has 1 fully saturated rings. The molecule has 0 bridgehead atoms. The molecule has 0 saturated carbocycles. The summed E-state index contributed by atoms with van der Waals surface area (Å²) in [6.07, 6.45) is 2.61. The van der Waals surface area contributed by atoms with Gasteiger partial charge >= 0.3 is 0 Å². The van der Waals surface area contributed by atoms with E-state index < -0.39 is 0 Å². The van der Waals surface area contributed by atoms with Gasteiger partial charge in [-0.15, -0.1) is 0 Å². The number of methoxy groups -OCH3 is 1. The Bertz CT molecular complexity index is 762. The maximum Gasteiger partial charge on any atom is 0.227 e. The second-order valence-corrected chi connectivity index (χ2v) is 8.35. The maximum atomic E-state index is 11.9. The zero-order valence-corrected chi connectivity index (χ0v) is 17.0. The third-order valence-electron chi connectivity index (χ3n) is 5.65. The van der Waals surface area contributed by atoms with E-state index in [9.17, 15) is 4.79 Å². The minimum absolute atomic E-state index is 0.0496. The van der Waals surface area contributed by atoms with Gasteiger partial charge in [-0.25, -0.2) is 0 Å². The zero-order valence-electron chi connectivity index (χ0n) is 17.0. The molecule has 1 aliphatic rings. The molecule has 27 heavy (non-hydrogen) atoms. The molecule has 3 heteroatoms. The molecule has 0 radical (unpaired) electrons. The van der Waals surface area contributed by atoms with Crippen molar-refractivity contribution in [3.63, 3.8) is 0 Å². The van der Waals surface area contributed by atoms with Crippen LogP contribution < -0.4 is 4.90 Å². The number of anilines is 1. The minimum atomic E-state index is 0.0496. The summed E-state index contributed by atoms with van der Waals surface area (Å²) in [5.74, 6) is 0.652. The summed E-state index contributed by atoms with van der Waals surface area (Å²) in [7, 11) is 1.75. The van der Waals surface area contributed by atoms with E-state index in [0.29, 0.717) is 12.3 Å². The van der Waals surface area contributed by atoms with Crippen LogP contribution in [0.2, 0.25) is 0 Å². The zero-order chi connectivity index (χ0) is 19.4. The molecule has 0 spiro atoms. The summed E-state index contributed by atoms with van der Waals surface area (Å²) >= 11 is 0. The summed E-state index contributed by atoms with van der Waals surface area (Å²) in [4.78, 5) is 13.8. The fourth-order valence-electron chi connectivity index (χ4n) is 3.94. The predicted molar refractivity (Wildman–Crippen MR) is 111 cm³/mol. The first-order valence-electron chi connectivity index (χ1n) is 9.89. The summed E-state index contributed by atoms with van der Waals surface area (Å²) in [5, 5.41) is 0. The van der Waals surface area contributed by atoms with Crippen LogP contribution in [0.15, 0.2) is 48.5 Å². The van der Waals surface area contributed by atoms with Crippen molar-refractivity contribution in [3.8, 4) is 0 Å². The Kier molecular flexibility index (Phi) is 6.01. The molecular formula is C24H31NO2. The van der Waals surface area contributed by atoms with Crippen LogP contribution in [0.1, 0.15) is 56.2 Å². The Balaban J connectivity index is 1.69. The second-order valence-electron chi connectivity index (χ2n) is 8.35. The molecule has 2 aromatic carbocycles. The molecule has 1 saturated heterocycles. The third-order valence-corrected chi connectivity index (χ3v) is 5.65. The highest BCUT2D eigenvalue weighted by molar-refractivity contribution is 5.95. The van der Waals surface area contributed by atoms with E-state index in [1.807, 2.05) is 4.90 Å². The van der Waals surface area contributed by atoms with E-state index in [4.69, 9.17) is 4.74 Å². The Hall–Kier alpha value is -2.13. The normalized spacial score (nSPS) is 16.0. The van der Waals surface area contributed by atoms with Gasteiger partial charge in [0.15, 0.2) is 0 Å². The topological polar surface area (TPSA) is 29.5 Å². The van der Waals surface area contributed by atoms with Crippen LogP contribution in [-0.4, -0.2) is 26.2 Å². The summed E-state index contributed by atoms with van der Waals surface area (Å²) in [6, 6.07) is 17.5. The van der Waals surface area contributed by atoms with Crippen molar-refractivity contribution in [2.24, 2.45) is 0 Å². The number of hydrogen-bond donors (Lipinski definition) is 0. The van der Waals surface area contributed by atoms with Crippen LogP contribution in [0.3, 0.4) is 0 Å². The monoisotopic (exact) mass is 365 g/mol. The Morgan fingerprint density at radius 2 is 1.74 bits per heavy atom. The third kappa shape index (κ3) is 4.59. The van der Waals surface area contributed by atoms with Crippen LogP contribution >= 0.6 is 0 Å². The van der Waals surface area contributed by atoms with Crippen LogP contribution in [0.4, 0.5) is 5.69 Å². The number of carbonyl (C=O) groups is 1. The number of benzene rings is 2. The number of ether oxygens (including phenoxy) is 1. The van der Waals surface area contributed by atoms with Crippen molar-refractivity contribution in [1.29, 1.82) is 0 Å². The highest BCUT2D eigenvalue weighted by Crippen LogP contribution is 2.30. The highest BCUT2D eigenvalue weighted by Gasteiger charge is 2.23. The molecule has 1 heterocycles. The lowest BCUT2D eigenvalue weighted by molar-refractivity contribution is -0.117. The van der Waals surface area contributed by atoms with Crippen molar-refractivity contribution < 1.29 is 9.53 Å². The first-order valence-corrected chi connectivity index (χ1v) is 9.89. The quantitative estimate of drug-likeness (QED) is 0.684. The molecule has 1 aliphatic heterocycles. The average molecular weight is 366 g/mol. The van der Waals surface area contributed by atoms with Crippen LogP contribution in [-0.2, 0) is 21.4 Å². The Morgan fingerprint density at radius 1 is 1.07 bits per heavy atom. The van der Waals surface area contributed by atoms with Crippen molar-refractivity contribution in [2.75, 3.05) is 25.2 Å². The summed E-state index contributed by atoms with van der Waals surface area (Å²) in [6.45, 7) is 8.36. The van der Waals surface area contributed by atoms with Crippen molar-refractivity contribution >= 4 is 11.6 Å². The molecular weight excluding hydrogens is 334 g/mol. The van der Waals surface area contributed by atoms with Crippen LogP contribution in [0, 0.1) is 0 Å². The first kappa shape index (κ1) is 19.6. The van der Waals surface area contributed by atoms with Gasteiger partial charge < -0.3 is 9.64 Å². The largest absolute Gasteiger partial charge is 0.384 e. The van der Waals surface area contributed by atoms with Gasteiger partial charge in [-0.3, -0.25) is 4.79 Å². The molecule has 3 rings (SSSR count). The van der Waals surface area contributed by atoms with E-state index in [1.54, 1.807) is 7.11 Å². The molecule has 144 valence electrons. The standard InChI is InChI=1S/C24H31NO2/c1-18(17-27-4)20-9-11-21(12-10-20)24(2,3)16-19-7-13-22(14-8-19)25-15-5-6-23(25)26/h7-14,18H,5-6,15-17H2,1-4H3. The Labute approximate surface area is 163 Å². The predicted octanol–water partition coefficient (Wildman–Crippen LogP) is 5.08. The van der Waals surface area contributed by atoms with E-state index in [2.05, 4.69) is 69.3 Å².